The number of hydrogen-bond donors (Lipinski definition) is 0. The molecule has 0 saturated carbocycles. The van der Waals surface area contributed by atoms with Gasteiger partial charge in [-0.3, -0.25) is 9.88 Å². The minimum atomic E-state index is 1.02. The van der Waals surface area contributed by atoms with E-state index in [-0.39, 0.29) is 0 Å². The summed E-state index contributed by atoms with van der Waals surface area (Å²) in [6.07, 6.45) is 3.83. The summed E-state index contributed by atoms with van der Waals surface area (Å²) in [5.74, 6) is 1.07. The molecule has 3 rings (SSSR count). The zero-order valence-electron chi connectivity index (χ0n) is 10.5. The highest BCUT2D eigenvalue weighted by Gasteiger charge is 2.18. The SMILES string of the molecule is Brc1ccc(N2CCN(Cc3cncs3)CC2)nc1. The second-order valence-electron chi connectivity index (χ2n) is 4.57. The molecule has 0 aromatic carbocycles. The van der Waals surface area contributed by atoms with Crippen LogP contribution in [0.4, 0.5) is 5.82 Å². The Balaban J connectivity index is 1.56. The van der Waals surface area contributed by atoms with Crippen molar-refractivity contribution in [3.8, 4) is 0 Å². The maximum atomic E-state index is 4.46. The molecule has 1 saturated heterocycles. The van der Waals surface area contributed by atoms with E-state index >= 15 is 0 Å². The van der Waals surface area contributed by atoms with Crippen molar-refractivity contribution in [1.29, 1.82) is 0 Å². The van der Waals surface area contributed by atoms with Gasteiger partial charge in [-0.05, 0) is 28.1 Å². The lowest BCUT2D eigenvalue weighted by molar-refractivity contribution is 0.251. The van der Waals surface area contributed by atoms with Crippen molar-refractivity contribution in [3.63, 3.8) is 0 Å². The topological polar surface area (TPSA) is 32.3 Å². The molecular weight excluding hydrogens is 324 g/mol. The number of nitrogens with zero attached hydrogens (tertiary/aromatic N) is 4. The van der Waals surface area contributed by atoms with Crippen molar-refractivity contribution in [1.82, 2.24) is 14.9 Å². The van der Waals surface area contributed by atoms with Crippen molar-refractivity contribution in [2.75, 3.05) is 31.1 Å². The van der Waals surface area contributed by atoms with Gasteiger partial charge in [0.1, 0.15) is 5.82 Å². The Morgan fingerprint density at radius 1 is 1.16 bits per heavy atom. The van der Waals surface area contributed by atoms with E-state index in [0.717, 1.165) is 43.0 Å². The molecular formula is C13H15BrN4S. The number of rotatable bonds is 3. The minimum absolute atomic E-state index is 1.02. The lowest BCUT2D eigenvalue weighted by Crippen LogP contribution is -2.46. The largest absolute Gasteiger partial charge is 0.354 e. The number of piperazine rings is 1. The van der Waals surface area contributed by atoms with Crippen molar-refractivity contribution in [2.24, 2.45) is 0 Å². The number of aromatic nitrogens is 2. The van der Waals surface area contributed by atoms with Crippen LogP contribution in [-0.2, 0) is 6.54 Å². The van der Waals surface area contributed by atoms with E-state index in [1.165, 1.54) is 4.88 Å². The molecule has 0 bridgehead atoms. The van der Waals surface area contributed by atoms with Gasteiger partial charge in [0, 0.05) is 54.5 Å². The van der Waals surface area contributed by atoms with Gasteiger partial charge >= 0.3 is 0 Å². The Kier molecular flexibility index (Phi) is 4.10. The summed E-state index contributed by atoms with van der Waals surface area (Å²) < 4.78 is 1.03. The summed E-state index contributed by atoms with van der Waals surface area (Å²) in [6.45, 7) is 5.25. The average molecular weight is 339 g/mol. The first-order valence-electron chi connectivity index (χ1n) is 6.27. The van der Waals surface area contributed by atoms with Crippen LogP contribution in [0.15, 0.2) is 34.5 Å². The Hall–Kier alpha value is -0.980. The highest BCUT2D eigenvalue weighted by Crippen LogP contribution is 2.18. The molecule has 19 heavy (non-hydrogen) atoms. The summed E-state index contributed by atoms with van der Waals surface area (Å²) >= 11 is 5.15. The third-order valence-electron chi connectivity index (χ3n) is 3.27. The normalized spacial score (nSPS) is 16.8. The molecule has 1 aliphatic heterocycles. The van der Waals surface area contributed by atoms with Crippen LogP contribution < -0.4 is 4.90 Å². The number of anilines is 1. The van der Waals surface area contributed by atoms with Crippen molar-refractivity contribution in [2.45, 2.75) is 6.54 Å². The van der Waals surface area contributed by atoms with Gasteiger partial charge in [-0.25, -0.2) is 4.98 Å². The number of pyridine rings is 1. The summed E-state index contributed by atoms with van der Waals surface area (Å²) in [4.78, 5) is 14.7. The standard InChI is InChI=1S/C13H15BrN4S/c14-11-1-2-13(16-7-11)18-5-3-17(4-6-18)9-12-8-15-10-19-12/h1-2,7-8,10H,3-6,9H2. The molecule has 1 aliphatic rings. The molecule has 3 heterocycles. The van der Waals surface area contributed by atoms with Crippen LogP contribution in [0.5, 0.6) is 0 Å². The average Bonchev–Trinajstić information content (AvgIpc) is 2.94. The predicted octanol–water partition coefficient (Wildman–Crippen LogP) is 2.62. The van der Waals surface area contributed by atoms with E-state index in [9.17, 15) is 0 Å². The van der Waals surface area contributed by atoms with Crippen molar-refractivity contribution >= 4 is 33.1 Å². The maximum Gasteiger partial charge on any atom is 0.128 e. The molecule has 1 fully saturated rings. The van der Waals surface area contributed by atoms with Gasteiger partial charge in [0.2, 0.25) is 0 Å². The smallest absolute Gasteiger partial charge is 0.128 e. The third-order valence-corrected chi connectivity index (χ3v) is 4.50. The van der Waals surface area contributed by atoms with Crippen LogP contribution in [-0.4, -0.2) is 41.0 Å². The molecule has 100 valence electrons. The molecule has 4 nitrogen and oxygen atoms in total. The second kappa shape index (κ2) is 5.98. The van der Waals surface area contributed by atoms with Gasteiger partial charge in [0.15, 0.2) is 0 Å². The first kappa shape index (κ1) is 13.0. The molecule has 0 spiro atoms. The van der Waals surface area contributed by atoms with Gasteiger partial charge < -0.3 is 4.90 Å². The van der Waals surface area contributed by atoms with E-state index < -0.39 is 0 Å². The Bertz CT molecular complexity index is 506. The summed E-state index contributed by atoms with van der Waals surface area (Å²) in [5, 5.41) is 0. The zero-order chi connectivity index (χ0) is 13.1. The van der Waals surface area contributed by atoms with E-state index in [1.807, 2.05) is 24.0 Å². The van der Waals surface area contributed by atoms with Gasteiger partial charge in [-0.15, -0.1) is 11.3 Å². The van der Waals surface area contributed by atoms with Crippen LogP contribution in [0.25, 0.3) is 0 Å². The third kappa shape index (κ3) is 3.32. The van der Waals surface area contributed by atoms with Crippen LogP contribution in [0.1, 0.15) is 4.88 Å². The number of halogens is 1. The van der Waals surface area contributed by atoms with Crippen LogP contribution in [0, 0.1) is 0 Å². The molecule has 0 N–H and O–H groups in total. The van der Waals surface area contributed by atoms with Gasteiger partial charge in [0.05, 0.1) is 5.51 Å². The predicted molar refractivity (Wildman–Crippen MR) is 81.5 cm³/mol. The Labute approximate surface area is 125 Å². The number of hydrogen-bond acceptors (Lipinski definition) is 5. The molecule has 6 heteroatoms. The molecule has 0 aliphatic carbocycles. The first-order valence-corrected chi connectivity index (χ1v) is 7.95. The van der Waals surface area contributed by atoms with Crippen molar-refractivity contribution in [3.05, 3.63) is 39.4 Å². The van der Waals surface area contributed by atoms with Gasteiger partial charge in [-0.2, -0.15) is 0 Å². The lowest BCUT2D eigenvalue weighted by atomic mass is 10.3. The fourth-order valence-corrected chi connectivity index (χ4v) is 3.10. The zero-order valence-corrected chi connectivity index (χ0v) is 12.9. The van der Waals surface area contributed by atoms with E-state index in [0.29, 0.717) is 0 Å². The Morgan fingerprint density at radius 2 is 2.00 bits per heavy atom. The monoisotopic (exact) mass is 338 g/mol. The quantitative estimate of drug-likeness (QED) is 0.861. The maximum absolute atomic E-state index is 4.46. The van der Waals surface area contributed by atoms with E-state index in [4.69, 9.17) is 0 Å². The summed E-state index contributed by atoms with van der Waals surface area (Å²) in [5.41, 5.74) is 1.90. The summed E-state index contributed by atoms with van der Waals surface area (Å²) in [6, 6.07) is 4.12. The van der Waals surface area contributed by atoms with Gasteiger partial charge in [0.25, 0.3) is 0 Å². The molecule has 2 aromatic heterocycles. The minimum Gasteiger partial charge on any atom is -0.354 e. The van der Waals surface area contributed by atoms with Gasteiger partial charge in [-0.1, -0.05) is 0 Å². The molecule has 0 unspecified atom stereocenters. The lowest BCUT2D eigenvalue weighted by Gasteiger charge is -2.35. The summed E-state index contributed by atoms with van der Waals surface area (Å²) in [7, 11) is 0. The molecule has 0 amide bonds. The highest BCUT2D eigenvalue weighted by molar-refractivity contribution is 9.10. The van der Waals surface area contributed by atoms with Crippen LogP contribution in [0.3, 0.4) is 0 Å². The number of thiazole rings is 1. The molecule has 0 radical (unpaired) electrons. The highest BCUT2D eigenvalue weighted by atomic mass is 79.9. The van der Waals surface area contributed by atoms with E-state index in [2.05, 4.69) is 41.8 Å². The fraction of sp³-hybridized carbons (Fsp3) is 0.385. The van der Waals surface area contributed by atoms with Crippen LogP contribution >= 0.6 is 27.3 Å². The first-order chi connectivity index (χ1) is 9.31. The Morgan fingerprint density at radius 3 is 2.63 bits per heavy atom. The van der Waals surface area contributed by atoms with Crippen molar-refractivity contribution < 1.29 is 0 Å². The van der Waals surface area contributed by atoms with E-state index in [1.54, 1.807) is 11.3 Å². The fourth-order valence-electron chi connectivity index (χ4n) is 2.23. The molecule has 2 aromatic rings. The van der Waals surface area contributed by atoms with Crippen LogP contribution in [0.2, 0.25) is 0 Å². The molecule has 0 atom stereocenters. The second-order valence-corrected chi connectivity index (χ2v) is 6.45.